The van der Waals surface area contributed by atoms with E-state index in [0.717, 1.165) is 40.8 Å². The molecule has 7 N–H and O–H groups in total. The number of anilines is 2. The van der Waals surface area contributed by atoms with Crippen molar-refractivity contribution in [2.24, 2.45) is 5.73 Å². The zero-order chi connectivity index (χ0) is 22.8. The molecule has 9 heteroatoms. The Morgan fingerprint density at radius 3 is 2.50 bits per heavy atom. The molecule has 174 valence electrons. The number of halogens is 1. The van der Waals surface area contributed by atoms with Crippen LogP contribution in [0.15, 0.2) is 24.3 Å². The molecule has 2 aromatic rings. The number of carbonyl (C=O) groups excluding carboxylic acids is 1. The Bertz CT molecular complexity index is 1030. The van der Waals surface area contributed by atoms with Gasteiger partial charge < -0.3 is 31.5 Å². The van der Waals surface area contributed by atoms with E-state index in [-0.39, 0.29) is 24.4 Å². The van der Waals surface area contributed by atoms with Crippen molar-refractivity contribution < 1.29 is 14.6 Å². The zero-order valence-corrected chi connectivity index (χ0v) is 19.7. The van der Waals surface area contributed by atoms with Crippen LogP contribution in [0.5, 0.6) is 11.5 Å². The van der Waals surface area contributed by atoms with E-state index >= 15 is 0 Å². The molecule has 1 heterocycles. The van der Waals surface area contributed by atoms with Gasteiger partial charge in [-0.3, -0.25) is 5.41 Å². The number of nitrogens with two attached hydrogens (primary N) is 1. The van der Waals surface area contributed by atoms with E-state index in [0.29, 0.717) is 30.1 Å². The van der Waals surface area contributed by atoms with Crippen LogP contribution in [-0.2, 0) is 6.42 Å². The first-order chi connectivity index (χ1) is 14.6. The number of nitrogens with one attached hydrogen (secondary N) is 4. The standard InChI is InChI=1S/C23H31N5O3.ClH/c1-13-14(2)20-18(15(3)19(13)29)8-9-23(4,31-20)10-11-26-22(30)28-17-7-5-6-16(12-17)27-21(24)25;/h5-7,12,29H,8-11H2,1-4H3,(H4,24,25,27)(H2,26,28,30);1H. The minimum absolute atomic E-state index is 0. The van der Waals surface area contributed by atoms with Crippen molar-refractivity contribution in [3.8, 4) is 11.5 Å². The van der Waals surface area contributed by atoms with Gasteiger partial charge in [0.25, 0.3) is 0 Å². The molecule has 1 aliphatic heterocycles. The van der Waals surface area contributed by atoms with Crippen molar-refractivity contribution in [2.45, 2.75) is 52.6 Å². The van der Waals surface area contributed by atoms with Crippen LogP contribution >= 0.6 is 12.4 Å². The van der Waals surface area contributed by atoms with Crippen molar-refractivity contribution >= 4 is 35.8 Å². The fourth-order valence-electron chi connectivity index (χ4n) is 3.92. The summed E-state index contributed by atoms with van der Waals surface area (Å²) in [7, 11) is 0. The van der Waals surface area contributed by atoms with E-state index < -0.39 is 5.60 Å². The van der Waals surface area contributed by atoms with E-state index in [4.69, 9.17) is 15.9 Å². The van der Waals surface area contributed by atoms with Crippen LogP contribution in [0.3, 0.4) is 0 Å². The molecular weight excluding hydrogens is 430 g/mol. The predicted octanol–water partition coefficient (Wildman–Crippen LogP) is 4.34. The molecule has 2 aromatic carbocycles. The Hall–Kier alpha value is -3.13. The van der Waals surface area contributed by atoms with Gasteiger partial charge in [-0.25, -0.2) is 4.79 Å². The summed E-state index contributed by atoms with van der Waals surface area (Å²) in [5.74, 6) is 1.05. The maximum absolute atomic E-state index is 12.3. The first-order valence-electron chi connectivity index (χ1n) is 10.4. The summed E-state index contributed by atoms with van der Waals surface area (Å²) >= 11 is 0. The highest BCUT2D eigenvalue weighted by molar-refractivity contribution is 5.93. The van der Waals surface area contributed by atoms with Gasteiger partial charge in [-0.05, 0) is 75.4 Å². The van der Waals surface area contributed by atoms with E-state index in [2.05, 4.69) is 22.9 Å². The maximum atomic E-state index is 12.3. The van der Waals surface area contributed by atoms with Crippen LogP contribution < -0.4 is 26.4 Å². The number of hydrogen-bond donors (Lipinski definition) is 6. The molecule has 2 amide bonds. The number of ether oxygens (including phenoxy) is 1. The highest BCUT2D eigenvalue weighted by atomic mass is 35.5. The second-order valence-corrected chi connectivity index (χ2v) is 8.33. The molecule has 0 spiro atoms. The van der Waals surface area contributed by atoms with Gasteiger partial charge in [-0.2, -0.15) is 0 Å². The molecule has 0 aromatic heterocycles. The van der Waals surface area contributed by atoms with Crippen LogP contribution in [0.1, 0.15) is 42.0 Å². The first-order valence-corrected chi connectivity index (χ1v) is 10.4. The van der Waals surface area contributed by atoms with Gasteiger partial charge in [0, 0.05) is 29.9 Å². The van der Waals surface area contributed by atoms with Gasteiger partial charge in [0.1, 0.15) is 17.1 Å². The van der Waals surface area contributed by atoms with Crippen molar-refractivity contribution in [2.75, 3.05) is 17.2 Å². The van der Waals surface area contributed by atoms with E-state index in [1.165, 1.54) is 0 Å². The molecule has 0 bridgehead atoms. The van der Waals surface area contributed by atoms with Crippen molar-refractivity contribution in [1.82, 2.24) is 5.32 Å². The molecule has 8 nitrogen and oxygen atoms in total. The second-order valence-electron chi connectivity index (χ2n) is 8.33. The first kappa shape index (κ1) is 25.1. The van der Waals surface area contributed by atoms with Crippen LogP contribution in [0.2, 0.25) is 0 Å². The van der Waals surface area contributed by atoms with E-state index in [9.17, 15) is 9.90 Å². The van der Waals surface area contributed by atoms with Crippen molar-refractivity contribution in [3.63, 3.8) is 0 Å². The maximum Gasteiger partial charge on any atom is 0.319 e. The lowest BCUT2D eigenvalue weighted by Gasteiger charge is -2.38. The number of guanidine groups is 1. The molecule has 0 saturated heterocycles. The van der Waals surface area contributed by atoms with Crippen LogP contribution in [-0.4, -0.2) is 29.2 Å². The quantitative estimate of drug-likeness (QED) is 0.291. The van der Waals surface area contributed by atoms with E-state index in [1.54, 1.807) is 24.3 Å². The number of amides is 2. The number of phenolic OH excluding ortho intramolecular Hbond substituents is 1. The summed E-state index contributed by atoms with van der Waals surface area (Å²) in [6.45, 7) is 8.32. The third-order valence-electron chi connectivity index (χ3n) is 5.93. The number of aromatic hydroxyl groups is 1. The lowest BCUT2D eigenvalue weighted by molar-refractivity contribution is 0.0559. The van der Waals surface area contributed by atoms with Gasteiger partial charge in [-0.1, -0.05) is 6.07 Å². The van der Waals surface area contributed by atoms with Crippen LogP contribution in [0.4, 0.5) is 16.2 Å². The Labute approximate surface area is 194 Å². The monoisotopic (exact) mass is 461 g/mol. The number of hydrogen-bond acceptors (Lipinski definition) is 4. The topological polar surface area (TPSA) is 132 Å². The molecule has 3 rings (SSSR count). The van der Waals surface area contributed by atoms with Gasteiger partial charge in [0.15, 0.2) is 5.96 Å². The molecule has 1 atom stereocenters. The van der Waals surface area contributed by atoms with Gasteiger partial charge in [0.2, 0.25) is 0 Å². The fraction of sp³-hybridized carbons (Fsp3) is 0.391. The summed E-state index contributed by atoms with van der Waals surface area (Å²) in [4.78, 5) is 12.3. The van der Waals surface area contributed by atoms with Crippen molar-refractivity contribution in [3.05, 3.63) is 46.5 Å². The lowest BCUT2D eigenvalue weighted by Crippen LogP contribution is -2.41. The predicted molar refractivity (Wildman–Crippen MR) is 131 cm³/mol. The number of benzene rings is 2. The molecule has 32 heavy (non-hydrogen) atoms. The highest BCUT2D eigenvalue weighted by Crippen LogP contribution is 2.43. The number of urea groups is 1. The molecule has 0 aliphatic carbocycles. The Kier molecular flexibility index (Phi) is 7.85. The Balaban J connectivity index is 0.00000363. The highest BCUT2D eigenvalue weighted by Gasteiger charge is 2.34. The van der Waals surface area contributed by atoms with E-state index in [1.807, 2.05) is 20.8 Å². The SMILES string of the molecule is Cc1c(C)c2c(c(C)c1O)CCC(C)(CCNC(=O)Nc1cccc(NC(=N)N)c1)O2.Cl. The molecule has 1 aliphatic rings. The summed E-state index contributed by atoms with van der Waals surface area (Å²) < 4.78 is 6.40. The minimum atomic E-state index is -0.397. The van der Waals surface area contributed by atoms with Crippen molar-refractivity contribution in [1.29, 1.82) is 5.41 Å². The van der Waals surface area contributed by atoms with Crippen LogP contribution in [0.25, 0.3) is 0 Å². The molecular formula is C23H32ClN5O3. The Morgan fingerprint density at radius 1 is 1.19 bits per heavy atom. The Morgan fingerprint density at radius 2 is 1.84 bits per heavy atom. The molecule has 1 unspecified atom stereocenters. The third kappa shape index (κ3) is 5.56. The molecule has 0 radical (unpaired) electrons. The lowest BCUT2D eigenvalue weighted by atomic mass is 9.85. The van der Waals surface area contributed by atoms with Crippen LogP contribution in [0, 0.1) is 26.2 Å². The number of phenols is 1. The summed E-state index contributed by atoms with van der Waals surface area (Å²) in [5, 5.41) is 26.0. The average molecular weight is 462 g/mol. The number of rotatable bonds is 5. The molecule has 0 saturated carbocycles. The minimum Gasteiger partial charge on any atom is -0.507 e. The second kappa shape index (κ2) is 9.99. The normalized spacial score (nSPS) is 16.8. The number of fused-ring (bicyclic) bond motifs is 1. The smallest absolute Gasteiger partial charge is 0.319 e. The average Bonchev–Trinajstić information content (AvgIpc) is 2.70. The fourth-order valence-corrected chi connectivity index (χ4v) is 3.92. The zero-order valence-electron chi connectivity index (χ0n) is 18.9. The third-order valence-corrected chi connectivity index (χ3v) is 5.93. The summed E-state index contributed by atoms with van der Waals surface area (Å²) in [6.07, 6.45) is 2.30. The summed E-state index contributed by atoms with van der Waals surface area (Å²) in [5.41, 5.74) is 9.93. The number of carbonyl (C=O) groups is 1. The van der Waals surface area contributed by atoms with Gasteiger partial charge >= 0.3 is 6.03 Å². The summed E-state index contributed by atoms with van der Waals surface area (Å²) in [6, 6.07) is 6.67. The van der Waals surface area contributed by atoms with Gasteiger partial charge in [0.05, 0.1) is 0 Å². The molecule has 0 fully saturated rings. The largest absolute Gasteiger partial charge is 0.507 e. The van der Waals surface area contributed by atoms with Gasteiger partial charge in [-0.15, -0.1) is 12.4 Å².